The summed E-state index contributed by atoms with van der Waals surface area (Å²) in [6, 6.07) is 16.5. The molecule has 0 spiro atoms. The normalized spacial score (nSPS) is 13.4. The number of nitrogens with one attached hydrogen (secondary N) is 1. The SMILES string of the molecule is I.NC(=NCCCCN1C(=O)c2ccccc2C1=O)Nc1ccccc1. The van der Waals surface area contributed by atoms with Gasteiger partial charge in [0.2, 0.25) is 0 Å². The van der Waals surface area contributed by atoms with Crippen LogP contribution >= 0.6 is 24.0 Å². The highest BCUT2D eigenvalue weighted by Gasteiger charge is 2.34. The highest BCUT2D eigenvalue weighted by Crippen LogP contribution is 2.22. The van der Waals surface area contributed by atoms with Crippen LogP contribution in [0.25, 0.3) is 0 Å². The molecule has 0 aromatic heterocycles. The van der Waals surface area contributed by atoms with Gasteiger partial charge in [0.05, 0.1) is 11.1 Å². The van der Waals surface area contributed by atoms with Crippen LogP contribution in [-0.2, 0) is 0 Å². The van der Waals surface area contributed by atoms with Crippen molar-refractivity contribution < 1.29 is 9.59 Å². The van der Waals surface area contributed by atoms with Crippen LogP contribution in [0.2, 0.25) is 0 Å². The number of halogens is 1. The van der Waals surface area contributed by atoms with Crippen LogP contribution in [0.5, 0.6) is 0 Å². The number of carbonyl (C=O) groups excluding carboxylic acids is 2. The van der Waals surface area contributed by atoms with Crippen molar-refractivity contribution in [1.82, 2.24) is 4.90 Å². The van der Waals surface area contributed by atoms with Crippen LogP contribution in [0.15, 0.2) is 59.6 Å². The van der Waals surface area contributed by atoms with Gasteiger partial charge in [-0.15, -0.1) is 24.0 Å². The van der Waals surface area contributed by atoms with Gasteiger partial charge in [-0.2, -0.15) is 0 Å². The minimum Gasteiger partial charge on any atom is -0.370 e. The van der Waals surface area contributed by atoms with E-state index in [2.05, 4.69) is 10.3 Å². The number of fused-ring (bicyclic) bond motifs is 1. The number of rotatable bonds is 6. The van der Waals surface area contributed by atoms with Crippen molar-refractivity contribution in [3.63, 3.8) is 0 Å². The molecule has 0 saturated carbocycles. The lowest BCUT2D eigenvalue weighted by atomic mass is 10.1. The summed E-state index contributed by atoms with van der Waals surface area (Å²) < 4.78 is 0. The molecule has 1 aliphatic rings. The van der Waals surface area contributed by atoms with Crippen LogP contribution < -0.4 is 11.1 Å². The van der Waals surface area contributed by atoms with E-state index in [4.69, 9.17) is 5.73 Å². The highest BCUT2D eigenvalue weighted by molar-refractivity contribution is 14.0. The topological polar surface area (TPSA) is 87.8 Å². The molecule has 2 aromatic rings. The number of imide groups is 1. The molecule has 6 nitrogen and oxygen atoms in total. The van der Waals surface area contributed by atoms with E-state index >= 15 is 0 Å². The van der Waals surface area contributed by atoms with Gasteiger partial charge < -0.3 is 11.1 Å². The van der Waals surface area contributed by atoms with E-state index in [9.17, 15) is 9.59 Å². The van der Waals surface area contributed by atoms with Crippen LogP contribution in [0.4, 0.5) is 5.69 Å². The van der Waals surface area contributed by atoms with Gasteiger partial charge in [0.25, 0.3) is 11.8 Å². The van der Waals surface area contributed by atoms with Crippen molar-refractivity contribution in [3.05, 3.63) is 65.7 Å². The third-order valence-corrected chi connectivity index (χ3v) is 4.00. The minimum atomic E-state index is -0.214. The molecule has 0 aliphatic carbocycles. The fourth-order valence-corrected chi connectivity index (χ4v) is 2.73. The monoisotopic (exact) mass is 464 g/mol. The first kappa shape index (κ1) is 19.9. The molecule has 0 saturated heterocycles. The zero-order chi connectivity index (χ0) is 17.6. The van der Waals surface area contributed by atoms with Crippen molar-refractivity contribution in [2.45, 2.75) is 12.8 Å². The number of aliphatic imine (C=N–C) groups is 1. The van der Waals surface area contributed by atoms with E-state index in [-0.39, 0.29) is 35.8 Å². The van der Waals surface area contributed by atoms with E-state index in [0.717, 1.165) is 12.1 Å². The molecule has 136 valence electrons. The first-order chi connectivity index (χ1) is 12.2. The Kier molecular flexibility index (Phi) is 7.14. The Balaban J connectivity index is 0.00000243. The molecule has 7 heteroatoms. The number of anilines is 1. The Hall–Kier alpha value is -2.42. The summed E-state index contributed by atoms with van der Waals surface area (Å²) in [5.74, 6) is -0.0735. The Morgan fingerprint density at radius 2 is 1.50 bits per heavy atom. The highest BCUT2D eigenvalue weighted by atomic mass is 127. The maximum atomic E-state index is 12.2. The van der Waals surface area contributed by atoms with E-state index in [1.54, 1.807) is 24.3 Å². The molecule has 26 heavy (non-hydrogen) atoms. The van der Waals surface area contributed by atoms with Gasteiger partial charge in [-0.25, -0.2) is 0 Å². The van der Waals surface area contributed by atoms with Gasteiger partial charge in [0.1, 0.15) is 0 Å². The molecule has 0 radical (unpaired) electrons. The maximum Gasteiger partial charge on any atom is 0.261 e. The first-order valence-electron chi connectivity index (χ1n) is 8.24. The number of unbranched alkanes of at least 4 members (excludes halogenated alkanes) is 1. The van der Waals surface area contributed by atoms with Crippen LogP contribution in [0, 0.1) is 0 Å². The van der Waals surface area contributed by atoms with Gasteiger partial charge in [0, 0.05) is 18.8 Å². The lowest BCUT2D eigenvalue weighted by Crippen LogP contribution is -2.30. The second-order valence-electron chi connectivity index (χ2n) is 5.77. The summed E-state index contributed by atoms with van der Waals surface area (Å²) in [7, 11) is 0. The van der Waals surface area contributed by atoms with Crippen molar-refractivity contribution >= 4 is 47.4 Å². The Morgan fingerprint density at radius 1 is 0.923 bits per heavy atom. The number of carbonyl (C=O) groups is 2. The summed E-state index contributed by atoms with van der Waals surface area (Å²) in [4.78, 5) is 30.0. The molecule has 2 aromatic carbocycles. The summed E-state index contributed by atoms with van der Waals surface area (Å²) in [5.41, 5.74) is 7.69. The second-order valence-corrected chi connectivity index (χ2v) is 5.77. The fourth-order valence-electron chi connectivity index (χ4n) is 2.73. The van der Waals surface area contributed by atoms with Crippen LogP contribution in [0.3, 0.4) is 0 Å². The predicted octanol–water partition coefficient (Wildman–Crippen LogP) is 3.11. The molecule has 2 amide bonds. The Bertz CT molecular complexity index is 773. The van der Waals surface area contributed by atoms with Crippen molar-refractivity contribution in [2.24, 2.45) is 10.7 Å². The van der Waals surface area contributed by atoms with E-state index < -0.39 is 0 Å². The number of hydrogen-bond donors (Lipinski definition) is 2. The minimum absolute atomic E-state index is 0. The Morgan fingerprint density at radius 3 is 2.12 bits per heavy atom. The predicted molar refractivity (Wildman–Crippen MR) is 113 cm³/mol. The Labute approximate surface area is 169 Å². The van der Waals surface area contributed by atoms with Crippen LogP contribution in [-0.4, -0.2) is 35.8 Å². The lowest BCUT2D eigenvalue weighted by molar-refractivity contribution is 0.0652. The molecule has 0 atom stereocenters. The third kappa shape index (κ3) is 4.60. The summed E-state index contributed by atoms with van der Waals surface area (Å²) in [6.45, 7) is 0.933. The average molecular weight is 464 g/mol. The van der Waals surface area contributed by atoms with Gasteiger partial charge in [-0.3, -0.25) is 19.5 Å². The molecule has 1 aliphatic heterocycles. The number of hydrogen-bond acceptors (Lipinski definition) is 3. The molecule has 3 rings (SSSR count). The third-order valence-electron chi connectivity index (χ3n) is 4.00. The largest absolute Gasteiger partial charge is 0.370 e. The average Bonchev–Trinajstić information content (AvgIpc) is 2.87. The van der Waals surface area contributed by atoms with Gasteiger partial charge in [-0.05, 0) is 37.1 Å². The van der Waals surface area contributed by atoms with Crippen LogP contribution in [0.1, 0.15) is 33.6 Å². The van der Waals surface area contributed by atoms with E-state index in [1.165, 1.54) is 4.90 Å². The number of nitrogens with zero attached hydrogens (tertiary/aromatic N) is 2. The molecule has 0 bridgehead atoms. The summed E-state index contributed by atoms with van der Waals surface area (Å²) >= 11 is 0. The number of nitrogens with two attached hydrogens (primary N) is 1. The lowest BCUT2D eigenvalue weighted by Gasteiger charge is -2.13. The number of amides is 2. The first-order valence-corrected chi connectivity index (χ1v) is 8.24. The zero-order valence-electron chi connectivity index (χ0n) is 14.2. The second kappa shape index (κ2) is 9.33. The zero-order valence-corrected chi connectivity index (χ0v) is 16.6. The molecular weight excluding hydrogens is 443 g/mol. The number of para-hydroxylation sites is 1. The summed E-state index contributed by atoms with van der Waals surface area (Å²) in [5, 5.41) is 3.01. The fraction of sp³-hybridized carbons (Fsp3) is 0.211. The quantitative estimate of drug-likeness (QED) is 0.226. The smallest absolute Gasteiger partial charge is 0.261 e. The molecular formula is C19H21IN4O2. The van der Waals surface area contributed by atoms with E-state index in [0.29, 0.717) is 36.6 Å². The summed E-state index contributed by atoms with van der Waals surface area (Å²) in [6.07, 6.45) is 1.43. The van der Waals surface area contributed by atoms with E-state index in [1.807, 2.05) is 30.3 Å². The standard InChI is InChI=1S/C19H20N4O2.HI/c20-19(22-14-8-2-1-3-9-14)21-12-6-7-13-23-17(24)15-10-4-5-11-16(15)18(23)25;/h1-5,8-11H,6-7,12-13H2,(H3,20,21,22);1H. The van der Waals surface area contributed by atoms with Gasteiger partial charge >= 0.3 is 0 Å². The molecule has 3 N–H and O–H groups in total. The molecule has 0 fully saturated rings. The van der Waals surface area contributed by atoms with Gasteiger partial charge in [0.15, 0.2) is 5.96 Å². The maximum absolute atomic E-state index is 12.2. The van der Waals surface area contributed by atoms with Crippen molar-refractivity contribution in [1.29, 1.82) is 0 Å². The number of benzene rings is 2. The van der Waals surface area contributed by atoms with Crippen molar-refractivity contribution in [2.75, 3.05) is 18.4 Å². The van der Waals surface area contributed by atoms with Crippen molar-refractivity contribution in [3.8, 4) is 0 Å². The molecule has 1 heterocycles. The van der Waals surface area contributed by atoms with Gasteiger partial charge in [-0.1, -0.05) is 30.3 Å². The number of guanidine groups is 1. The molecule has 0 unspecified atom stereocenters.